The highest BCUT2D eigenvalue weighted by Crippen LogP contribution is 2.30. The van der Waals surface area contributed by atoms with Crippen molar-refractivity contribution >= 4 is 11.7 Å². The molecular formula is C18H31N3O2. The molecule has 0 aromatic carbocycles. The number of Topliss-reactive ketones (excluding diaryl/α,β-unsaturated/α-hetero) is 1. The zero-order valence-corrected chi connectivity index (χ0v) is 14.4. The predicted molar refractivity (Wildman–Crippen MR) is 90.1 cm³/mol. The molecule has 1 N–H and O–H groups in total. The Balaban J connectivity index is 1.40. The highest BCUT2D eigenvalue weighted by molar-refractivity contribution is 5.81. The summed E-state index contributed by atoms with van der Waals surface area (Å²) in [5.74, 6) is 1.80. The minimum atomic E-state index is 0.163. The van der Waals surface area contributed by atoms with Crippen LogP contribution in [-0.4, -0.2) is 67.3 Å². The molecule has 0 spiro atoms. The van der Waals surface area contributed by atoms with Gasteiger partial charge in [-0.2, -0.15) is 0 Å². The van der Waals surface area contributed by atoms with Crippen molar-refractivity contribution in [2.24, 2.45) is 17.8 Å². The molecule has 0 aromatic heterocycles. The maximum absolute atomic E-state index is 12.7. The molecule has 1 amide bonds. The Labute approximate surface area is 139 Å². The van der Waals surface area contributed by atoms with Gasteiger partial charge in [0.1, 0.15) is 5.78 Å². The third-order valence-electron chi connectivity index (χ3n) is 6.01. The minimum Gasteiger partial charge on any atom is -0.340 e. The second-order valence-electron chi connectivity index (χ2n) is 7.64. The largest absolute Gasteiger partial charge is 0.340 e. The van der Waals surface area contributed by atoms with Crippen LogP contribution in [0.1, 0.15) is 39.0 Å². The van der Waals surface area contributed by atoms with Crippen LogP contribution in [0.4, 0.5) is 0 Å². The molecule has 5 nitrogen and oxygen atoms in total. The number of carbonyl (C=O) groups excluding carboxylic acids is 2. The summed E-state index contributed by atoms with van der Waals surface area (Å²) < 4.78 is 0. The fraction of sp³-hybridized carbons (Fsp3) is 0.889. The van der Waals surface area contributed by atoms with E-state index in [1.807, 2.05) is 0 Å². The predicted octanol–water partition coefficient (Wildman–Crippen LogP) is 1.14. The van der Waals surface area contributed by atoms with Gasteiger partial charge in [-0.15, -0.1) is 0 Å². The van der Waals surface area contributed by atoms with Crippen LogP contribution in [0, 0.1) is 17.8 Å². The van der Waals surface area contributed by atoms with Gasteiger partial charge in [-0.05, 0) is 58.0 Å². The Morgan fingerprint density at radius 3 is 2.17 bits per heavy atom. The van der Waals surface area contributed by atoms with E-state index in [9.17, 15) is 9.59 Å². The summed E-state index contributed by atoms with van der Waals surface area (Å²) in [7, 11) is 0. The van der Waals surface area contributed by atoms with E-state index in [2.05, 4.69) is 15.1 Å². The number of nitrogens with zero attached hydrogens (tertiary/aromatic N) is 2. The van der Waals surface area contributed by atoms with Crippen molar-refractivity contribution in [3.63, 3.8) is 0 Å². The van der Waals surface area contributed by atoms with Crippen LogP contribution >= 0.6 is 0 Å². The first-order valence-electron chi connectivity index (χ1n) is 9.36. The second kappa shape index (κ2) is 7.75. The molecule has 2 heterocycles. The van der Waals surface area contributed by atoms with Gasteiger partial charge >= 0.3 is 0 Å². The molecule has 1 unspecified atom stereocenters. The lowest BCUT2D eigenvalue weighted by Crippen LogP contribution is -2.51. The zero-order valence-electron chi connectivity index (χ0n) is 14.4. The van der Waals surface area contributed by atoms with Crippen LogP contribution in [0.5, 0.6) is 0 Å². The number of hydrogen-bond acceptors (Lipinski definition) is 4. The van der Waals surface area contributed by atoms with E-state index in [0.717, 1.165) is 70.9 Å². The number of piperazine rings is 1. The zero-order chi connectivity index (χ0) is 16.2. The third-order valence-corrected chi connectivity index (χ3v) is 6.01. The number of amides is 1. The highest BCUT2D eigenvalue weighted by atomic mass is 16.2. The van der Waals surface area contributed by atoms with Crippen molar-refractivity contribution < 1.29 is 9.59 Å². The summed E-state index contributed by atoms with van der Waals surface area (Å²) in [6.07, 6.45) is 4.90. The number of carbonyl (C=O) groups is 2. The van der Waals surface area contributed by atoms with E-state index in [-0.39, 0.29) is 11.8 Å². The maximum atomic E-state index is 12.7. The fourth-order valence-corrected chi connectivity index (χ4v) is 4.39. The minimum absolute atomic E-state index is 0.163. The van der Waals surface area contributed by atoms with E-state index in [1.165, 1.54) is 13.0 Å². The van der Waals surface area contributed by atoms with Crippen LogP contribution in [-0.2, 0) is 9.59 Å². The summed E-state index contributed by atoms with van der Waals surface area (Å²) in [5.41, 5.74) is 0. The third kappa shape index (κ3) is 4.32. The molecule has 2 aliphatic heterocycles. The van der Waals surface area contributed by atoms with Gasteiger partial charge in [0.2, 0.25) is 5.91 Å². The van der Waals surface area contributed by atoms with Crippen molar-refractivity contribution in [1.29, 1.82) is 0 Å². The summed E-state index contributed by atoms with van der Waals surface area (Å²) >= 11 is 0. The van der Waals surface area contributed by atoms with Crippen molar-refractivity contribution in [3.05, 3.63) is 0 Å². The van der Waals surface area contributed by atoms with E-state index >= 15 is 0 Å². The summed E-state index contributed by atoms with van der Waals surface area (Å²) in [5, 5.41) is 3.43. The topological polar surface area (TPSA) is 52.7 Å². The average Bonchev–Trinajstić information content (AvgIpc) is 3.08. The van der Waals surface area contributed by atoms with Crippen molar-refractivity contribution in [3.8, 4) is 0 Å². The second-order valence-corrected chi connectivity index (χ2v) is 7.64. The van der Waals surface area contributed by atoms with Crippen LogP contribution < -0.4 is 5.32 Å². The van der Waals surface area contributed by atoms with Crippen molar-refractivity contribution in [2.45, 2.75) is 39.0 Å². The van der Waals surface area contributed by atoms with Crippen LogP contribution in [0.3, 0.4) is 0 Å². The molecule has 1 atom stereocenters. The van der Waals surface area contributed by atoms with Crippen molar-refractivity contribution in [1.82, 2.24) is 15.1 Å². The Bertz CT molecular complexity index is 418. The van der Waals surface area contributed by atoms with E-state index in [1.54, 1.807) is 6.92 Å². The van der Waals surface area contributed by atoms with Gasteiger partial charge in [0.15, 0.2) is 0 Å². The number of ketones is 1. The first-order valence-corrected chi connectivity index (χ1v) is 9.36. The Kier molecular flexibility index (Phi) is 5.70. The van der Waals surface area contributed by atoms with Crippen molar-refractivity contribution in [2.75, 3.05) is 45.8 Å². The standard InChI is InChI=1S/C18H31N3O2/c1-14(22)16-2-4-17(5-3-16)18(23)21-10-8-20(9-11-21)13-15-6-7-19-12-15/h15-17,19H,2-13H2,1H3. The monoisotopic (exact) mass is 321 g/mol. The lowest BCUT2D eigenvalue weighted by molar-refractivity contribution is -0.139. The van der Waals surface area contributed by atoms with Gasteiger partial charge in [0, 0.05) is 44.6 Å². The quantitative estimate of drug-likeness (QED) is 0.843. The Morgan fingerprint density at radius 2 is 1.61 bits per heavy atom. The maximum Gasteiger partial charge on any atom is 0.225 e. The highest BCUT2D eigenvalue weighted by Gasteiger charge is 2.32. The molecule has 5 heteroatoms. The average molecular weight is 321 g/mol. The number of hydrogen-bond donors (Lipinski definition) is 1. The first-order chi connectivity index (χ1) is 11.1. The molecule has 3 fully saturated rings. The summed E-state index contributed by atoms with van der Waals surface area (Å²) in [6.45, 7) is 8.97. The summed E-state index contributed by atoms with van der Waals surface area (Å²) in [4.78, 5) is 28.7. The molecule has 3 aliphatic rings. The van der Waals surface area contributed by atoms with Crippen LogP contribution in [0.25, 0.3) is 0 Å². The molecular weight excluding hydrogens is 290 g/mol. The Morgan fingerprint density at radius 1 is 0.957 bits per heavy atom. The molecule has 1 saturated carbocycles. The first kappa shape index (κ1) is 16.9. The Hall–Kier alpha value is -0.940. The molecule has 1 aliphatic carbocycles. The van der Waals surface area contributed by atoms with Crippen LogP contribution in [0.15, 0.2) is 0 Å². The fourth-order valence-electron chi connectivity index (χ4n) is 4.39. The van der Waals surface area contributed by atoms with Gasteiger partial charge in [0.25, 0.3) is 0 Å². The lowest BCUT2D eigenvalue weighted by Gasteiger charge is -2.38. The van der Waals surface area contributed by atoms with E-state index in [0.29, 0.717) is 11.7 Å². The van der Waals surface area contributed by atoms with Gasteiger partial charge in [-0.3, -0.25) is 14.5 Å². The number of rotatable bonds is 4. The van der Waals surface area contributed by atoms with E-state index < -0.39 is 0 Å². The number of nitrogens with one attached hydrogen (secondary N) is 1. The molecule has 23 heavy (non-hydrogen) atoms. The van der Waals surface area contributed by atoms with Gasteiger partial charge in [0.05, 0.1) is 0 Å². The van der Waals surface area contributed by atoms with Gasteiger partial charge in [-0.25, -0.2) is 0 Å². The summed E-state index contributed by atoms with van der Waals surface area (Å²) in [6, 6.07) is 0. The molecule has 0 bridgehead atoms. The normalized spacial score (nSPS) is 32.9. The molecule has 2 saturated heterocycles. The smallest absolute Gasteiger partial charge is 0.225 e. The molecule has 0 aromatic rings. The molecule has 3 rings (SSSR count). The van der Waals surface area contributed by atoms with Crippen LogP contribution in [0.2, 0.25) is 0 Å². The molecule has 130 valence electrons. The van der Waals surface area contributed by atoms with Gasteiger partial charge in [-0.1, -0.05) is 0 Å². The molecule has 0 radical (unpaired) electrons. The van der Waals surface area contributed by atoms with Gasteiger partial charge < -0.3 is 10.2 Å². The van der Waals surface area contributed by atoms with E-state index in [4.69, 9.17) is 0 Å². The lowest BCUT2D eigenvalue weighted by atomic mass is 9.79. The SMILES string of the molecule is CC(=O)C1CCC(C(=O)N2CCN(CC3CCNC3)CC2)CC1.